The standard InChI is InChI=1S/C18H21FN4O2/c1-3-15(18(25)20-11-13-6-4-5-7-14(13)19)23-16-10-12(2)21-22(16)9-8-17(23)24/h4-7,10,15H,3,8-9,11H2,1-2H3,(H,20,25)/t15-/m1/s1. The minimum Gasteiger partial charge on any atom is -0.350 e. The Hall–Kier alpha value is -2.70. The van der Waals surface area contributed by atoms with Gasteiger partial charge < -0.3 is 5.32 Å². The van der Waals surface area contributed by atoms with Gasteiger partial charge in [0.25, 0.3) is 0 Å². The van der Waals surface area contributed by atoms with Gasteiger partial charge in [-0.1, -0.05) is 25.1 Å². The van der Waals surface area contributed by atoms with Crippen LogP contribution in [0.25, 0.3) is 0 Å². The molecule has 0 fully saturated rings. The Morgan fingerprint density at radius 1 is 1.40 bits per heavy atom. The third-order valence-electron chi connectivity index (χ3n) is 4.35. The molecule has 0 radical (unpaired) electrons. The summed E-state index contributed by atoms with van der Waals surface area (Å²) in [5.41, 5.74) is 1.22. The predicted molar refractivity (Wildman–Crippen MR) is 91.4 cm³/mol. The van der Waals surface area contributed by atoms with Crippen LogP contribution in [-0.2, 0) is 22.7 Å². The second-order valence-electron chi connectivity index (χ2n) is 6.11. The van der Waals surface area contributed by atoms with Gasteiger partial charge in [0.1, 0.15) is 17.7 Å². The molecule has 1 atom stereocenters. The number of nitrogens with zero attached hydrogens (tertiary/aromatic N) is 3. The third kappa shape index (κ3) is 3.40. The molecule has 0 aliphatic carbocycles. The number of rotatable bonds is 5. The van der Waals surface area contributed by atoms with Crippen LogP contribution in [0.15, 0.2) is 30.3 Å². The molecule has 0 spiro atoms. The molecule has 1 N–H and O–H groups in total. The first-order valence-electron chi connectivity index (χ1n) is 8.39. The summed E-state index contributed by atoms with van der Waals surface area (Å²) in [6, 6.07) is 7.47. The van der Waals surface area contributed by atoms with Gasteiger partial charge in [-0.2, -0.15) is 5.10 Å². The van der Waals surface area contributed by atoms with Crippen LogP contribution >= 0.6 is 0 Å². The first-order valence-corrected chi connectivity index (χ1v) is 8.39. The van der Waals surface area contributed by atoms with Crippen molar-refractivity contribution < 1.29 is 14.0 Å². The average molecular weight is 344 g/mol. The molecule has 25 heavy (non-hydrogen) atoms. The number of carbonyl (C=O) groups excluding carboxylic acids is 2. The van der Waals surface area contributed by atoms with Crippen molar-refractivity contribution in [2.45, 2.75) is 45.8 Å². The fourth-order valence-corrected chi connectivity index (χ4v) is 3.10. The van der Waals surface area contributed by atoms with Crippen LogP contribution < -0.4 is 10.2 Å². The van der Waals surface area contributed by atoms with Gasteiger partial charge in [-0.25, -0.2) is 9.07 Å². The van der Waals surface area contributed by atoms with Gasteiger partial charge in [-0.05, 0) is 19.4 Å². The van der Waals surface area contributed by atoms with Gasteiger partial charge in [0.05, 0.1) is 12.2 Å². The molecule has 1 aromatic carbocycles. The largest absolute Gasteiger partial charge is 0.350 e. The van der Waals surface area contributed by atoms with Crippen molar-refractivity contribution in [2.24, 2.45) is 0 Å². The summed E-state index contributed by atoms with van der Waals surface area (Å²) in [5, 5.41) is 7.10. The number of hydrogen-bond acceptors (Lipinski definition) is 3. The van der Waals surface area contributed by atoms with Crippen LogP contribution in [0.1, 0.15) is 31.0 Å². The van der Waals surface area contributed by atoms with Crippen molar-refractivity contribution in [2.75, 3.05) is 4.90 Å². The predicted octanol–water partition coefficient (Wildman–Crippen LogP) is 2.16. The number of hydrogen-bond donors (Lipinski definition) is 1. The fraction of sp³-hybridized carbons (Fsp3) is 0.389. The van der Waals surface area contributed by atoms with Crippen molar-refractivity contribution in [3.05, 3.63) is 47.4 Å². The molecule has 0 unspecified atom stereocenters. The van der Waals surface area contributed by atoms with Crippen LogP contribution in [0.2, 0.25) is 0 Å². The highest BCUT2D eigenvalue weighted by molar-refractivity contribution is 6.00. The monoisotopic (exact) mass is 344 g/mol. The number of anilines is 1. The molecule has 1 aliphatic rings. The van der Waals surface area contributed by atoms with Crippen molar-refractivity contribution in [1.82, 2.24) is 15.1 Å². The highest BCUT2D eigenvalue weighted by Crippen LogP contribution is 2.26. The van der Waals surface area contributed by atoms with E-state index in [0.29, 0.717) is 30.8 Å². The van der Waals surface area contributed by atoms with Gasteiger partial charge in [0, 0.05) is 24.6 Å². The van der Waals surface area contributed by atoms with Crippen molar-refractivity contribution >= 4 is 17.6 Å². The Morgan fingerprint density at radius 3 is 2.88 bits per heavy atom. The normalized spacial score (nSPS) is 15.0. The highest BCUT2D eigenvalue weighted by Gasteiger charge is 2.34. The van der Waals surface area contributed by atoms with Crippen molar-refractivity contribution in [3.8, 4) is 0 Å². The van der Waals surface area contributed by atoms with Gasteiger partial charge >= 0.3 is 0 Å². The molecule has 7 heteroatoms. The molecule has 2 heterocycles. The maximum atomic E-state index is 13.7. The van der Waals surface area contributed by atoms with E-state index >= 15 is 0 Å². The number of fused-ring (bicyclic) bond motifs is 1. The van der Waals surface area contributed by atoms with E-state index in [-0.39, 0.29) is 24.2 Å². The lowest BCUT2D eigenvalue weighted by molar-refractivity contribution is -0.127. The van der Waals surface area contributed by atoms with E-state index in [1.165, 1.54) is 11.0 Å². The van der Waals surface area contributed by atoms with E-state index in [4.69, 9.17) is 0 Å². The maximum Gasteiger partial charge on any atom is 0.243 e. The molecule has 3 rings (SSSR count). The summed E-state index contributed by atoms with van der Waals surface area (Å²) in [5.74, 6) is -0.119. The number of aromatic nitrogens is 2. The van der Waals surface area contributed by atoms with Crippen LogP contribution in [0.3, 0.4) is 0 Å². The van der Waals surface area contributed by atoms with E-state index in [0.717, 1.165) is 5.69 Å². The van der Waals surface area contributed by atoms with E-state index in [2.05, 4.69) is 10.4 Å². The Morgan fingerprint density at radius 2 is 2.16 bits per heavy atom. The molecule has 1 aromatic heterocycles. The summed E-state index contributed by atoms with van der Waals surface area (Å²) in [4.78, 5) is 26.6. The summed E-state index contributed by atoms with van der Waals surface area (Å²) < 4.78 is 15.5. The second kappa shape index (κ2) is 7.04. The number of aryl methyl sites for hydroxylation is 2. The van der Waals surface area contributed by atoms with Crippen LogP contribution in [0, 0.1) is 12.7 Å². The molecule has 2 aromatic rings. The first kappa shape index (κ1) is 17.1. The molecule has 132 valence electrons. The van der Waals surface area contributed by atoms with Crippen molar-refractivity contribution in [3.63, 3.8) is 0 Å². The topological polar surface area (TPSA) is 67.2 Å². The lowest BCUT2D eigenvalue weighted by Crippen LogP contribution is -2.52. The zero-order chi connectivity index (χ0) is 18.0. The van der Waals surface area contributed by atoms with Gasteiger partial charge in [0.2, 0.25) is 11.8 Å². The summed E-state index contributed by atoms with van der Waals surface area (Å²) in [6.07, 6.45) is 0.768. The van der Waals surface area contributed by atoms with Crippen molar-refractivity contribution in [1.29, 1.82) is 0 Å². The Bertz CT molecular complexity index is 802. The molecule has 2 amide bonds. The second-order valence-corrected chi connectivity index (χ2v) is 6.11. The zero-order valence-electron chi connectivity index (χ0n) is 14.3. The number of carbonyl (C=O) groups is 2. The molecular weight excluding hydrogens is 323 g/mol. The third-order valence-corrected chi connectivity index (χ3v) is 4.35. The minimum atomic E-state index is -0.644. The lowest BCUT2D eigenvalue weighted by Gasteiger charge is -2.33. The fourth-order valence-electron chi connectivity index (χ4n) is 3.10. The van der Waals surface area contributed by atoms with E-state index in [1.54, 1.807) is 22.9 Å². The van der Waals surface area contributed by atoms with Gasteiger partial charge in [0.15, 0.2) is 0 Å². The van der Waals surface area contributed by atoms with Gasteiger partial charge in [-0.3, -0.25) is 14.5 Å². The minimum absolute atomic E-state index is 0.0856. The molecule has 0 saturated heterocycles. The zero-order valence-corrected chi connectivity index (χ0v) is 14.3. The van der Waals surface area contributed by atoms with Gasteiger partial charge in [-0.15, -0.1) is 0 Å². The molecule has 1 aliphatic heterocycles. The maximum absolute atomic E-state index is 13.7. The number of amides is 2. The highest BCUT2D eigenvalue weighted by atomic mass is 19.1. The van der Waals surface area contributed by atoms with Crippen LogP contribution in [0.5, 0.6) is 0 Å². The summed E-state index contributed by atoms with van der Waals surface area (Å²) in [6.45, 7) is 4.31. The average Bonchev–Trinajstić information content (AvgIpc) is 2.97. The number of benzene rings is 1. The molecule has 0 bridgehead atoms. The van der Waals surface area contributed by atoms with Crippen LogP contribution in [-0.4, -0.2) is 27.6 Å². The summed E-state index contributed by atoms with van der Waals surface area (Å²) in [7, 11) is 0. The first-order chi connectivity index (χ1) is 12.0. The molecule has 0 saturated carbocycles. The smallest absolute Gasteiger partial charge is 0.243 e. The molecular formula is C18H21FN4O2. The lowest BCUT2D eigenvalue weighted by atomic mass is 10.1. The summed E-state index contributed by atoms with van der Waals surface area (Å²) >= 11 is 0. The molecule has 6 nitrogen and oxygen atoms in total. The van der Waals surface area contributed by atoms with E-state index < -0.39 is 6.04 Å². The van der Waals surface area contributed by atoms with Crippen LogP contribution in [0.4, 0.5) is 10.2 Å². The number of nitrogens with one attached hydrogen (secondary N) is 1. The Kier molecular flexibility index (Phi) is 4.83. The number of halogens is 1. The SMILES string of the molecule is CC[C@H](C(=O)NCc1ccccc1F)N1C(=O)CCn2nc(C)cc21. The van der Waals surface area contributed by atoms with E-state index in [9.17, 15) is 14.0 Å². The Labute approximate surface area is 145 Å². The van der Waals surface area contributed by atoms with E-state index in [1.807, 2.05) is 19.9 Å². The quantitative estimate of drug-likeness (QED) is 0.904. The Balaban J connectivity index is 1.78.